The van der Waals surface area contributed by atoms with Crippen LogP contribution >= 0.6 is 0 Å². The van der Waals surface area contributed by atoms with Crippen molar-refractivity contribution in [1.82, 2.24) is 30.2 Å². The number of carbonyl (C=O) groups is 1. The van der Waals surface area contributed by atoms with Crippen LogP contribution in [0, 0.1) is 0 Å². The van der Waals surface area contributed by atoms with Gasteiger partial charge in [0, 0.05) is 58.6 Å². The number of carbonyl (C=O) groups excluding carboxylic acids is 1. The second-order valence-electron chi connectivity index (χ2n) is 8.04. The summed E-state index contributed by atoms with van der Waals surface area (Å²) in [6.07, 6.45) is 4.20. The molecule has 3 heterocycles. The molecule has 0 bridgehead atoms. The molecule has 1 unspecified atom stereocenters. The highest BCUT2D eigenvalue weighted by molar-refractivity contribution is 5.92. The third kappa shape index (κ3) is 5.65. The molecule has 0 radical (unpaired) electrons. The van der Waals surface area contributed by atoms with Crippen molar-refractivity contribution < 1.29 is 4.79 Å². The van der Waals surface area contributed by atoms with Crippen LogP contribution in [0.15, 0.2) is 42.6 Å². The number of benzene rings is 1. The molecule has 2 fully saturated rings. The van der Waals surface area contributed by atoms with Crippen molar-refractivity contribution in [3.8, 4) is 0 Å². The van der Waals surface area contributed by atoms with Crippen LogP contribution in [-0.2, 0) is 6.54 Å². The summed E-state index contributed by atoms with van der Waals surface area (Å²) in [5.41, 5.74) is 1.89. The summed E-state index contributed by atoms with van der Waals surface area (Å²) in [7, 11) is 0. The van der Waals surface area contributed by atoms with Crippen molar-refractivity contribution in [2.75, 3.05) is 52.4 Å². The minimum Gasteiger partial charge on any atom is -0.349 e. The van der Waals surface area contributed by atoms with E-state index in [0.29, 0.717) is 18.3 Å². The Hall–Kier alpha value is -2.22. The molecule has 1 atom stereocenters. The van der Waals surface area contributed by atoms with Crippen LogP contribution in [0.1, 0.15) is 34.9 Å². The van der Waals surface area contributed by atoms with E-state index in [2.05, 4.69) is 55.9 Å². The normalized spacial score (nSPS) is 21.2. The van der Waals surface area contributed by atoms with Crippen LogP contribution in [0.25, 0.3) is 0 Å². The zero-order valence-electron chi connectivity index (χ0n) is 17.1. The van der Waals surface area contributed by atoms with Crippen molar-refractivity contribution >= 4 is 5.91 Å². The van der Waals surface area contributed by atoms with Gasteiger partial charge in [0.25, 0.3) is 5.91 Å². The van der Waals surface area contributed by atoms with Gasteiger partial charge in [0.2, 0.25) is 0 Å². The molecule has 0 aliphatic carbocycles. The number of nitrogens with zero attached hydrogens (tertiary/aromatic N) is 4. The molecule has 7 heteroatoms. The third-order valence-electron chi connectivity index (χ3n) is 5.91. The average molecular weight is 397 g/mol. The molecule has 4 rings (SSSR count). The number of nitrogens with one attached hydrogen (secondary N) is 2. The Bertz CT molecular complexity index is 763. The van der Waals surface area contributed by atoms with Crippen molar-refractivity contribution in [1.29, 1.82) is 0 Å². The van der Waals surface area contributed by atoms with Crippen LogP contribution in [0.3, 0.4) is 0 Å². The fourth-order valence-electron chi connectivity index (χ4n) is 4.15. The van der Waals surface area contributed by atoms with Gasteiger partial charge >= 0.3 is 0 Å². The van der Waals surface area contributed by atoms with Gasteiger partial charge in [-0.15, -0.1) is 0 Å². The maximum Gasteiger partial charge on any atom is 0.271 e. The Balaban J connectivity index is 1.15. The van der Waals surface area contributed by atoms with Gasteiger partial charge in [-0.05, 0) is 31.0 Å². The first kappa shape index (κ1) is 20.1. The number of aromatic nitrogens is 2. The Morgan fingerprint density at radius 2 is 1.90 bits per heavy atom. The lowest BCUT2D eigenvalue weighted by Gasteiger charge is -2.34. The Morgan fingerprint density at radius 1 is 1.10 bits per heavy atom. The van der Waals surface area contributed by atoms with Crippen molar-refractivity contribution in [3.63, 3.8) is 0 Å². The van der Waals surface area contributed by atoms with E-state index in [9.17, 15) is 4.79 Å². The predicted octanol–water partition coefficient (Wildman–Crippen LogP) is 1.36. The van der Waals surface area contributed by atoms with E-state index in [1.54, 1.807) is 0 Å². The minimum absolute atomic E-state index is 0.0739. The molecule has 7 nitrogen and oxygen atoms in total. The molecule has 2 aliphatic heterocycles. The highest BCUT2D eigenvalue weighted by Crippen LogP contribution is 2.15. The lowest BCUT2D eigenvalue weighted by molar-refractivity contribution is 0.0928. The Kier molecular flexibility index (Phi) is 6.92. The summed E-state index contributed by atoms with van der Waals surface area (Å²) in [5.74, 6) is -0.0739. The zero-order valence-corrected chi connectivity index (χ0v) is 17.1. The molecule has 0 saturated carbocycles. The maximum absolute atomic E-state index is 12.4. The van der Waals surface area contributed by atoms with Gasteiger partial charge < -0.3 is 10.6 Å². The van der Waals surface area contributed by atoms with E-state index in [1.807, 2.05) is 16.9 Å². The minimum atomic E-state index is -0.0739. The smallest absolute Gasteiger partial charge is 0.271 e. The van der Waals surface area contributed by atoms with Crippen LogP contribution in [-0.4, -0.2) is 77.8 Å². The molecule has 2 aliphatic rings. The van der Waals surface area contributed by atoms with Gasteiger partial charge in [0.15, 0.2) is 0 Å². The van der Waals surface area contributed by atoms with Crippen molar-refractivity contribution in [2.24, 2.45) is 0 Å². The van der Waals surface area contributed by atoms with E-state index < -0.39 is 0 Å². The van der Waals surface area contributed by atoms with Crippen molar-refractivity contribution in [3.05, 3.63) is 53.9 Å². The molecular formula is C22H32N6O. The SMILES string of the molecule is O=C(NCCN1CCN(Cc2ccccc2)CC1)c1ccn(C2CCCNC2)n1. The number of hydrogen-bond acceptors (Lipinski definition) is 5. The quantitative estimate of drug-likeness (QED) is 0.740. The number of amides is 1. The summed E-state index contributed by atoms with van der Waals surface area (Å²) in [5, 5.41) is 10.9. The van der Waals surface area contributed by atoms with E-state index in [0.717, 1.165) is 65.2 Å². The van der Waals surface area contributed by atoms with E-state index in [-0.39, 0.29) is 5.91 Å². The van der Waals surface area contributed by atoms with E-state index in [4.69, 9.17) is 0 Å². The molecule has 1 amide bonds. The Morgan fingerprint density at radius 3 is 2.66 bits per heavy atom. The fourth-order valence-corrected chi connectivity index (χ4v) is 4.15. The first-order valence-electron chi connectivity index (χ1n) is 10.8. The highest BCUT2D eigenvalue weighted by Gasteiger charge is 2.19. The molecular weight excluding hydrogens is 364 g/mol. The van der Waals surface area contributed by atoms with Gasteiger partial charge in [-0.3, -0.25) is 19.3 Å². The van der Waals surface area contributed by atoms with Gasteiger partial charge in [-0.2, -0.15) is 5.10 Å². The Labute approximate surface area is 173 Å². The van der Waals surface area contributed by atoms with E-state index in [1.165, 1.54) is 5.56 Å². The van der Waals surface area contributed by atoms with Crippen LogP contribution in [0.2, 0.25) is 0 Å². The van der Waals surface area contributed by atoms with Gasteiger partial charge in [0.05, 0.1) is 6.04 Å². The van der Waals surface area contributed by atoms with Gasteiger partial charge in [-0.1, -0.05) is 30.3 Å². The summed E-state index contributed by atoms with van der Waals surface area (Å²) in [6, 6.07) is 12.8. The third-order valence-corrected chi connectivity index (χ3v) is 5.91. The second-order valence-corrected chi connectivity index (χ2v) is 8.04. The summed E-state index contributed by atoms with van der Waals surface area (Å²) >= 11 is 0. The summed E-state index contributed by atoms with van der Waals surface area (Å²) in [6.45, 7) is 8.81. The number of piperazine rings is 1. The van der Waals surface area contributed by atoms with Crippen LogP contribution in [0.4, 0.5) is 0 Å². The van der Waals surface area contributed by atoms with Gasteiger partial charge in [-0.25, -0.2) is 0 Å². The first-order chi connectivity index (χ1) is 14.3. The number of rotatable bonds is 7. The first-order valence-corrected chi connectivity index (χ1v) is 10.8. The van der Waals surface area contributed by atoms with Crippen molar-refractivity contribution in [2.45, 2.75) is 25.4 Å². The second kappa shape index (κ2) is 10.0. The topological polar surface area (TPSA) is 65.4 Å². The van der Waals surface area contributed by atoms with E-state index >= 15 is 0 Å². The molecule has 29 heavy (non-hydrogen) atoms. The molecule has 2 aromatic rings. The summed E-state index contributed by atoms with van der Waals surface area (Å²) < 4.78 is 1.94. The molecule has 1 aromatic carbocycles. The number of hydrogen-bond donors (Lipinski definition) is 2. The lowest BCUT2D eigenvalue weighted by atomic mass is 10.1. The van der Waals surface area contributed by atoms with Crippen LogP contribution < -0.4 is 10.6 Å². The standard InChI is InChI=1S/C22H32N6O/c29-22(21-8-11-28(25-21)20-7-4-9-23-17-20)24-10-12-26-13-15-27(16-14-26)18-19-5-2-1-3-6-19/h1-3,5-6,8,11,20,23H,4,7,9-10,12-18H2,(H,24,29). The molecule has 1 aromatic heterocycles. The number of piperidine rings is 1. The van der Waals surface area contributed by atoms with Crippen LogP contribution in [0.5, 0.6) is 0 Å². The maximum atomic E-state index is 12.4. The lowest BCUT2D eigenvalue weighted by Crippen LogP contribution is -2.48. The van der Waals surface area contributed by atoms with Gasteiger partial charge in [0.1, 0.15) is 5.69 Å². The largest absolute Gasteiger partial charge is 0.349 e. The molecule has 156 valence electrons. The highest BCUT2D eigenvalue weighted by atomic mass is 16.1. The monoisotopic (exact) mass is 396 g/mol. The molecule has 2 saturated heterocycles. The summed E-state index contributed by atoms with van der Waals surface area (Å²) in [4.78, 5) is 17.3. The molecule has 0 spiro atoms. The fraction of sp³-hybridized carbons (Fsp3) is 0.545. The average Bonchev–Trinajstić information content (AvgIpc) is 3.27. The predicted molar refractivity (Wildman–Crippen MR) is 114 cm³/mol. The molecule has 2 N–H and O–H groups in total. The zero-order chi connectivity index (χ0) is 19.9.